The van der Waals surface area contributed by atoms with Crippen molar-refractivity contribution in [3.8, 4) is 0 Å². The molecule has 0 unspecified atom stereocenters. The third-order valence-electron chi connectivity index (χ3n) is 3.41. The zero-order chi connectivity index (χ0) is 12.8. The molecular weight excluding hydrogens is 241 g/mol. The average molecular weight is 257 g/mol. The first kappa shape index (κ1) is 12.9. The predicted octanol–water partition coefficient (Wildman–Crippen LogP) is 2.78. The van der Waals surface area contributed by atoms with Crippen molar-refractivity contribution in [1.29, 1.82) is 0 Å². The Kier molecular flexibility index (Phi) is 3.01. The van der Waals surface area contributed by atoms with E-state index in [1.165, 1.54) is 12.1 Å². The Hall–Kier alpha value is -0.575. The van der Waals surface area contributed by atoms with Crippen LogP contribution in [0.5, 0.6) is 0 Å². The smallest absolute Gasteiger partial charge is 0.399 e. The fourth-order valence-corrected chi connectivity index (χ4v) is 1.92. The first-order chi connectivity index (χ1) is 7.71. The molecule has 1 aromatic carbocycles. The highest BCUT2D eigenvalue weighted by Gasteiger charge is 2.51. The quantitative estimate of drug-likeness (QED) is 0.719. The third kappa shape index (κ3) is 2.35. The summed E-state index contributed by atoms with van der Waals surface area (Å²) in [6.45, 7) is 7.81. The topological polar surface area (TPSA) is 18.5 Å². The van der Waals surface area contributed by atoms with Crippen LogP contribution in [0.1, 0.15) is 27.7 Å². The van der Waals surface area contributed by atoms with Crippen LogP contribution in [0.25, 0.3) is 0 Å². The Morgan fingerprint density at radius 3 is 2.06 bits per heavy atom. The van der Waals surface area contributed by atoms with Gasteiger partial charge in [0, 0.05) is 5.02 Å². The number of rotatable bonds is 1. The maximum Gasteiger partial charge on any atom is 0.494 e. The first-order valence-corrected chi connectivity index (χ1v) is 5.91. The number of halogens is 2. The van der Waals surface area contributed by atoms with Gasteiger partial charge in [0.2, 0.25) is 0 Å². The van der Waals surface area contributed by atoms with E-state index >= 15 is 0 Å². The van der Waals surface area contributed by atoms with Gasteiger partial charge >= 0.3 is 7.12 Å². The van der Waals surface area contributed by atoms with Gasteiger partial charge in [0.15, 0.2) is 0 Å². The first-order valence-electron chi connectivity index (χ1n) is 5.53. The molecular formula is C12H15BClFO2. The normalized spacial score (nSPS) is 21.9. The third-order valence-corrected chi connectivity index (χ3v) is 3.63. The summed E-state index contributed by atoms with van der Waals surface area (Å²) in [7, 11) is -0.576. The van der Waals surface area contributed by atoms with E-state index in [0.717, 1.165) is 0 Å². The Labute approximate surface area is 106 Å². The fraction of sp³-hybridized carbons (Fsp3) is 0.500. The van der Waals surface area contributed by atoms with E-state index in [0.29, 0.717) is 10.5 Å². The molecule has 92 valence electrons. The SMILES string of the molecule is CC1(C)OB(c2cc(F)cc(Cl)c2)OC1(C)C. The molecule has 2 rings (SSSR count). The van der Waals surface area contributed by atoms with Gasteiger partial charge in [0.1, 0.15) is 5.82 Å². The Balaban J connectivity index is 2.32. The van der Waals surface area contributed by atoms with Crippen molar-refractivity contribution in [3.05, 3.63) is 29.0 Å². The van der Waals surface area contributed by atoms with Gasteiger partial charge in [-0.1, -0.05) is 11.6 Å². The molecule has 1 heterocycles. The van der Waals surface area contributed by atoms with Gasteiger partial charge in [-0.2, -0.15) is 0 Å². The van der Waals surface area contributed by atoms with Crippen LogP contribution in [-0.2, 0) is 9.31 Å². The summed E-state index contributed by atoms with van der Waals surface area (Å²) in [6, 6.07) is 4.30. The van der Waals surface area contributed by atoms with Gasteiger partial charge < -0.3 is 9.31 Å². The Morgan fingerprint density at radius 1 is 1.06 bits per heavy atom. The van der Waals surface area contributed by atoms with Gasteiger partial charge in [0.25, 0.3) is 0 Å². The number of benzene rings is 1. The summed E-state index contributed by atoms with van der Waals surface area (Å²) < 4.78 is 24.9. The largest absolute Gasteiger partial charge is 0.494 e. The van der Waals surface area contributed by atoms with Gasteiger partial charge in [-0.25, -0.2) is 4.39 Å². The van der Waals surface area contributed by atoms with E-state index in [-0.39, 0.29) is 5.82 Å². The van der Waals surface area contributed by atoms with Crippen molar-refractivity contribution in [3.63, 3.8) is 0 Å². The van der Waals surface area contributed by atoms with Crippen molar-refractivity contribution >= 4 is 24.2 Å². The van der Waals surface area contributed by atoms with Crippen molar-refractivity contribution in [1.82, 2.24) is 0 Å². The molecule has 1 saturated heterocycles. The highest BCUT2D eigenvalue weighted by Crippen LogP contribution is 2.36. The molecule has 0 radical (unpaired) electrons. The molecule has 2 nitrogen and oxygen atoms in total. The van der Waals surface area contributed by atoms with E-state index in [2.05, 4.69) is 0 Å². The molecule has 0 N–H and O–H groups in total. The minimum absolute atomic E-state index is 0.342. The lowest BCUT2D eigenvalue weighted by molar-refractivity contribution is 0.00578. The molecule has 1 fully saturated rings. The van der Waals surface area contributed by atoms with Crippen molar-refractivity contribution in [2.45, 2.75) is 38.9 Å². The Morgan fingerprint density at radius 2 is 1.59 bits per heavy atom. The lowest BCUT2D eigenvalue weighted by Gasteiger charge is -2.32. The summed E-state index contributed by atoms with van der Waals surface area (Å²) in [5.41, 5.74) is -0.263. The zero-order valence-corrected chi connectivity index (χ0v) is 11.1. The summed E-state index contributed by atoms with van der Waals surface area (Å²) in [5.74, 6) is -0.387. The van der Waals surface area contributed by atoms with Crippen molar-refractivity contribution in [2.24, 2.45) is 0 Å². The maximum absolute atomic E-state index is 13.3. The second kappa shape index (κ2) is 3.97. The summed E-state index contributed by atoms with van der Waals surface area (Å²) in [4.78, 5) is 0. The van der Waals surface area contributed by atoms with Crippen LogP contribution in [0, 0.1) is 5.82 Å². The summed E-state index contributed by atoms with van der Waals surface area (Å²) in [5, 5.41) is 0.342. The van der Waals surface area contributed by atoms with E-state index in [4.69, 9.17) is 20.9 Å². The number of hydrogen-bond donors (Lipinski definition) is 0. The molecule has 1 aliphatic heterocycles. The van der Waals surface area contributed by atoms with Crippen LogP contribution in [0.2, 0.25) is 5.02 Å². The Bertz CT molecular complexity index is 412. The van der Waals surface area contributed by atoms with E-state index < -0.39 is 18.3 Å². The fourth-order valence-electron chi connectivity index (χ4n) is 1.69. The molecule has 0 aromatic heterocycles. The van der Waals surface area contributed by atoms with Gasteiger partial charge in [0.05, 0.1) is 11.2 Å². The summed E-state index contributed by atoms with van der Waals surface area (Å²) >= 11 is 5.82. The lowest BCUT2D eigenvalue weighted by atomic mass is 9.79. The van der Waals surface area contributed by atoms with Crippen LogP contribution in [-0.4, -0.2) is 18.3 Å². The van der Waals surface area contributed by atoms with Gasteiger partial charge in [-0.3, -0.25) is 0 Å². The minimum Gasteiger partial charge on any atom is -0.399 e. The monoisotopic (exact) mass is 256 g/mol. The van der Waals surface area contributed by atoms with Crippen molar-refractivity contribution in [2.75, 3.05) is 0 Å². The van der Waals surface area contributed by atoms with Crippen LogP contribution in [0.4, 0.5) is 4.39 Å². The molecule has 1 aliphatic rings. The van der Waals surface area contributed by atoms with Gasteiger partial charge in [-0.05, 0) is 51.4 Å². The summed E-state index contributed by atoms with van der Waals surface area (Å²) in [6.07, 6.45) is 0. The molecule has 0 aliphatic carbocycles. The molecule has 0 saturated carbocycles. The van der Waals surface area contributed by atoms with Crippen molar-refractivity contribution < 1.29 is 13.7 Å². The minimum atomic E-state index is -0.576. The lowest BCUT2D eigenvalue weighted by Crippen LogP contribution is -2.41. The van der Waals surface area contributed by atoms with E-state index in [1.807, 2.05) is 27.7 Å². The van der Waals surface area contributed by atoms with Crippen LogP contribution >= 0.6 is 11.6 Å². The van der Waals surface area contributed by atoms with Crippen LogP contribution < -0.4 is 5.46 Å². The standard InChI is InChI=1S/C12H15BClFO2/c1-11(2)12(3,4)17-13(16-11)8-5-9(14)7-10(15)6-8/h5-7H,1-4H3. The molecule has 0 amide bonds. The van der Waals surface area contributed by atoms with E-state index in [1.54, 1.807) is 6.07 Å². The molecule has 1 aromatic rings. The average Bonchev–Trinajstić information content (AvgIpc) is 2.34. The number of hydrogen-bond acceptors (Lipinski definition) is 2. The molecule has 0 bridgehead atoms. The van der Waals surface area contributed by atoms with E-state index in [9.17, 15) is 4.39 Å². The second-order valence-corrected chi connectivity index (χ2v) is 5.73. The van der Waals surface area contributed by atoms with Gasteiger partial charge in [-0.15, -0.1) is 0 Å². The van der Waals surface area contributed by atoms with Crippen LogP contribution in [0.3, 0.4) is 0 Å². The molecule has 0 atom stereocenters. The highest BCUT2D eigenvalue weighted by atomic mass is 35.5. The molecule has 5 heteroatoms. The predicted molar refractivity (Wildman–Crippen MR) is 67.1 cm³/mol. The van der Waals surface area contributed by atoms with Crippen LogP contribution in [0.15, 0.2) is 18.2 Å². The molecule has 17 heavy (non-hydrogen) atoms. The second-order valence-electron chi connectivity index (χ2n) is 5.29. The zero-order valence-electron chi connectivity index (χ0n) is 10.4. The highest BCUT2D eigenvalue weighted by molar-refractivity contribution is 6.62. The maximum atomic E-state index is 13.3. The molecule has 0 spiro atoms.